The van der Waals surface area contributed by atoms with Crippen molar-refractivity contribution in [1.82, 2.24) is 19.6 Å². The minimum absolute atomic E-state index is 0.0935. The van der Waals surface area contributed by atoms with E-state index in [0.29, 0.717) is 17.5 Å². The van der Waals surface area contributed by atoms with Gasteiger partial charge in [-0.05, 0) is 34.2 Å². The van der Waals surface area contributed by atoms with Crippen molar-refractivity contribution >= 4 is 22.2 Å². The van der Waals surface area contributed by atoms with E-state index in [2.05, 4.69) is 36.0 Å². The van der Waals surface area contributed by atoms with Gasteiger partial charge in [0.15, 0.2) is 4.96 Å². The fourth-order valence-corrected chi connectivity index (χ4v) is 3.45. The monoisotopic (exact) mass is 336 g/mol. The predicted octanol–water partition coefficient (Wildman–Crippen LogP) is 1.83. The molecule has 23 heavy (non-hydrogen) atoms. The maximum Gasteiger partial charge on any atom is 0.271 e. The first-order valence-electron chi connectivity index (χ1n) is 7.86. The van der Waals surface area contributed by atoms with Gasteiger partial charge in [-0.2, -0.15) is 0 Å². The van der Waals surface area contributed by atoms with Gasteiger partial charge in [0.25, 0.3) is 11.5 Å². The van der Waals surface area contributed by atoms with Crippen LogP contribution in [0, 0.1) is 13.8 Å². The van der Waals surface area contributed by atoms with Crippen LogP contribution >= 0.6 is 11.3 Å². The summed E-state index contributed by atoms with van der Waals surface area (Å²) in [6.07, 6.45) is 1.38. The first kappa shape index (κ1) is 17.6. The Morgan fingerprint density at radius 2 is 2.13 bits per heavy atom. The van der Waals surface area contributed by atoms with Crippen LogP contribution in [0.3, 0.4) is 0 Å². The average Bonchev–Trinajstić information content (AvgIpc) is 2.79. The molecule has 7 heteroatoms. The van der Waals surface area contributed by atoms with Crippen molar-refractivity contribution in [3.05, 3.63) is 32.7 Å². The minimum atomic E-state index is -0.361. The van der Waals surface area contributed by atoms with E-state index < -0.39 is 0 Å². The Balaban J connectivity index is 2.14. The lowest BCUT2D eigenvalue weighted by molar-refractivity contribution is 0.0944. The first-order chi connectivity index (χ1) is 10.9. The third-order valence-electron chi connectivity index (χ3n) is 4.08. The highest BCUT2D eigenvalue weighted by molar-refractivity contribution is 7.17. The lowest BCUT2D eigenvalue weighted by Gasteiger charge is -2.24. The van der Waals surface area contributed by atoms with Gasteiger partial charge < -0.3 is 5.32 Å². The van der Waals surface area contributed by atoms with Crippen LogP contribution in [0.2, 0.25) is 0 Å². The highest BCUT2D eigenvalue weighted by atomic mass is 32.1. The number of thiazole rings is 1. The summed E-state index contributed by atoms with van der Waals surface area (Å²) in [4.78, 5) is 33.0. The van der Waals surface area contributed by atoms with Crippen LogP contribution in [0.15, 0.2) is 11.0 Å². The largest absolute Gasteiger partial charge is 0.351 e. The Kier molecular flexibility index (Phi) is 5.54. The fourth-order valence-electron chi connectivity index (χ4n) is 2.52. The van der Waals surface area contributed by atoms with Gasteiger partial charge in [0, 0.05) is 35.9 Å². The Morgan fingerprint density at radius 3 is 2.74 bits per heavy atom. The van der Waals surface area contributed by atoms with E-state index in [1.165, 1.54) is 21.9 Å². The van der Waals surface area contributed by atoms with Crippen LogP contribution < -0.4 is 10.9 Å². The molecule has 0 aliphatic rings. The quantitative estimate of drug-likeness (QED) is 0.874. The van der Waals surface area contributed by atoms with Crippen molar-refractivity contribution in [1.29, 1.82) is 0 Å². The summed E-state index contributed by atoms with van der Waals surface area (Å²) in [6.45, 7) is 12.3. The summed E-state index contributed by atoms with van der Waals surface area (Å²) in [7, 11) is 0. The molecule has 0 aromatic carbocycles. The topological polar surface area (TPSA) is 66.7 Å². The molecule has 0 fully saturated rings. The molecule has 0 saturated heterocycles. The highest BCUT2D eigenvalue weighted by Gasteiger charge is 2.16. The normalized spacial score (nSPS) is 11.6. The molecule has 1 N–H and O–H groups in total. The van der Waals surface area contributed by atoms with E-state index in [-0.39, 0.29) is 17.0 Å². The zero-order valence-electron chi connectivity index (χ0n) is 14.3. The van der Waals surface area contributed by atoms with E-state index in [4.69, 9.17) is 0 Å². The number of aryl methyl sites for hydroxylation is 2. The number of likely N-dealkylation sites (N-methyl/N-ethyl adjacent to an activating group) is 1. The zero-order valence-corrected chi connectivity index (χ0v) is 15.2. The predicted molar refractivity (Wildman–Crippen MR) is 93.5 cm³/mol. The molecule has 1 amide bonds. The SMILES string of the molecule is CCN(CCNC(=O)c1cnc2sc(C)c(C)n2c1=O)C(C)C. The van der Waals surface area contributed by atoms with Gasteiger partial charge in [-0.1, -0.05) is 6.92 Å². The minimum Gasteiger partial charge on any atom is -0.351 e. The second kappa shape index (κ2) is 7.23. The summed E-state index contributed by atoms with van der Waals surface area (Å²) in [5.74, 6) is -0.361. The fraction of sp³-hybridized carbons (Fsp3) is 0.562. The van der Waals surface area contributed by atoms with Crippen molar-refractivity contribution in [2.24, 2.45) is 0 Å². The second-order valence-electron chi connectivity index (χ2n) is 5.82. The van der Waals surface area contributed by atoms with E-state index in [1.807, 2.05) is 13.8 Å². The third-order valence-corrected chi connectivity index (χ3v) is 5.16. The number of hydrogen-bond acceptors (Lipinski definition) is 5. The first-order valence-corrected chi connectivity index (χ1v) is 8.68. The molecule has 0 bridgehead atoms. The summed E-state index contributed by atoms with van der Waals surface area (Å²) in [5, 5.41) is 2.82. The number of aromatic nitrogens is 2. The molecule has 6 nitrogen and oxygen atoms in total. The van der Waals surface area contributed by atoms with E-state index in [1.54, 1.807) is 0 Å². The smallest absolute Gasteiger partial charge is 0.271 e. The molecule has 0 radical (unpaired) electrons. The number of hydrogen-bond donors (Lipinski definition) is 1. The Bertz CT molecular complexity index is 763. The molecule has 0 saturated carbocycles. The molecule has 2 aromatic rings. The van der Waals surface area contributed by atoms with Crippen molar-refractivity contribution in [3.8, 4) is 0 Å². The summed E-state index contributed by atoms with van der Waals surface area (Å²) in [6, 6.07) is 0.428. The van der Waals surface area contributed by atoms with Crippen LogP contribution in [-0.4, -0.2) is 45.9 Å². The maximum absolute atomic E-state index is 12.5. The molecular weight excluding hydrogens is 312 g/mol. The molecule has 0 spiro atoms. The summed E-state index contributed by atoms with van der Waals surface area (Å²) < 4.78 is 1.52. The summed E-state index contributed by atoms with van der Waals surface area (Å²) in [5.41, 5.74) is 0.635. The molecule has 126 valence electrons. The molecule has 2 heterocycles. The lowest BCUT2D eigenvalue weighted by Crippen LogP contribution is -2.39. The van der Waals surface area contributed by atoms with Gasteiger partial charge in [-0.3, -0.25) is 18.9 Å². The number of fused-ring (bicyclic) bond motifs is 1. The van der Waals surface area contributed by atoms with Crippen molar-refractivity contribution in [2.45, 2.75) is 40.7 Å². The van der Waals surface area contributed by atoms with Crippen LogP contribution in [0.1, 0.15) is 41.7 Å². The average molecular weight is 336 g/mol. The van der Waals surface area contributed by atoms with Gasteiger partial charge in [0.2, 0.25) is 0 Å². The maximum atomic E-state index is 12.5. The Hall–Kier alpha value is -1.73. The molecular formula is C16H24N4O2S. The number of rotatable bonds is 6. The molecule has 0 aliphatic carbocycles. The third kappa shape index (κ3) is 3.61. The van der Waals surface area contributed by atoms with Gasteiger partial charge in [-0.15, -0.1) is 11.3 Å². The van der Waals surface area contributed by atoms with Crippen LogP contribution in [0.25, 0.3) is 4.96 Å². The van der Waals surface area contributed by atoms with Crippen LogP contribution in [0.5, 0.6) is 0 Å². The van der Waals surface area contributed by atoms with Crippen molar-refractivity contribution < 1.29 is 4.79 Å². The zero-order chi connectivity index (χ0) is 17.1. The Morgan fingerprint density at radius 1 is 1.43 bits per heavy atom. The Labute approximate surface area is 140 Å². The van der Waals surface area contributed by atoms with Crippen molar-refractivity contribution in [2.75, 3.05) is 19.6 Å². The van der Waals surface area contributed by atoms with E-state index >= 15 is 0 Å². The van der Waals surface area contributed by atoms with Crippen LogP contribution in [-0.2, 0) is 0 Å². The van der Waals surface area contributed by atoms with Gasteiger partial charge in [-0.25, -0.2) is 4.98 Å². The van der Waals surface area contributed by atoms with E-state index in [0.717, 1.165) is 23.7 Å². The molecule has 2 rings (SSSR count). The highest BCUT2D eigenvalue weighted by Crippen LogP contribution is 2.18. The van der Waals surface area contributed by atoms with Gasteiger partial charge in [0.05, 0.1) is 0 Å². The lowest BCUT2D eigenvalue weighted by atomic mass is 10.3. The number of nitrogens with one attached hydrogen (secondary N) is 1. The number of carbonyl (C=O) groups is 1. The van der Waals surface area contributed by atoms with Crippen molar-refractivity contribution in [3.63, 3.8) is 0 Å². The number of amides is 1. The van der Waals surface area contributed by atoms with E-state index in [9.17, 15) is 9.59 Å². The molecule has 2 aromatic heterocycles. The molecule has 0 aliphatic heterocycles. The summed E-state index contributed by atoms with van der Waals surface area (Å²) >= 11 is 1.45. The number of carbonyl (C=O) groups excluding carboxylic acids is 1. The number of nitrogens with zero attached hydrogens (tertiary/aromatic N) is 3. The van der Waals surface area contributed by atoms with Gasteiger partial charge in [0.1, 0.15) is 5.56 Å². The molecule has 0 unspecified atom stereocenters. The van der Waals surface area contributed by atoms with Crippen LogP contribution in [0.4, 0.5) is 0 Å². The van der Waals surface area contributed by atoms with Gasteiger partial charge >= 0.3 is 0 Å². The molecule has 0 atom stereocenters. The second-order valence-corrected chi connectivity index (χ2v) is 7.00. The standard InChI is InChI=1S/C16H24N4O2S/c1-6-19(10(2)3)8-7-17-14(21)13-9-18-16-20(15(13)22)11(4)12(5)23-16/h9-10H,6-8H2,1-5H3,(H,17,21).